The molecule has 1 heterocycles. The number of fused-ring (bicyclic) bond motifs is 3. The number of piperidine rings is 1. The quantitative estimate of drug-likeness (QED) is 0.317. The number of hydrogen-bond acceptors (Lipinski definition) is 5. The van der Waals surface area contributed by atoms with E-state index in [2.05, 4.69) is 17.6 Å². The van der Waals surface area contributed by atoms with Gasteiger partial charge < -0.3 is 26.0 Å². The Kier molecular flexibility index (Phi) is 8.81. The SMILES string of the molecule is CCNCC(O)(CCCCCC1CCC2CC1CCC21CCC(O)C(C)N1)CC(=O)O. The van der Waals surface area contributed by atoms with Crippen molar-refractivity contribution in [3.8, 4) is 0 Å². The van der Waals surface area contributed by atoms with E-state index in [1.54, 1.807) is 0 Å². The van der Waals surface area contributed by atoms with Crippen LogP contribution in [0.5, 0.6) is 0 Å². The monoisotopic (exact) mass is 438 g/mol. The number of carboxylic acids is 1. The Morgan fingerprint density at radius 1 is 1.16 bits per heavy atom. The zero-order valence-electron chi connectivity index (χ0n) is 19.7. The van der Waals surface area contributed by atoms with Gasteiger partial charge >= 0.3 is 5.97 Å². The van der Waals surface area contributed by atoms with Gasteiger partial charge in [-0.25, -0.2) is 0 Å². The number of aliphatic hydroxyl groups excluding tert-OH is 1. The Labute approximate surface area is 188 Å². The fourth-order valence-electron chi connectivity index (χ4n) is 6.92. The molecule has 0 aromatic carbocycles. The lowest BCUT2D eigenvalue weighted by Gasteiger charge is -2.56. The van der Waals surface area contributed by atoms with Crippen molar-refractivity contribution in [3.05, 3.63) is 0 Å². The Bertz CT molecular complexity index is 588. The molecule has 1 saturated heterocycles. The van der Waals surface area contributed by atoms with E-state index >= 15 is 0 Å². The van der Waals surface area contributed by atoms with E-state index < -0.39 is 11.6 Å². The predicted octanol–water partition coefficient (Wildman–Crippen LogP) is 3.45. The van der Waals surface area contributed by atoms with Crippen LogP contribution in [0.4, 0.5) is 0 Å². The van der Waals surface area contributed by atoms with Crippen LogP contribution >= 0.6 is 0 Å². The molecule has 180 valence electrons. The first-order chi connectivity index (χ1) is 14.8. The van der Waals surface area contributed by atoms with Crippen LogP contribution < -0.4 is 10.6 Å². The summed E-state index contributed by atoms with van der Waals surface area (Å²) in [4.78, 5) is 11.1. The summed E-state index contributed by atoms with van der Waals surface area (Å²) in [6.07, 6.45) is 13.3. The van der Waals surface area contributed by atoms with Gasteiger partial charge in [0.15, 0.2) is 0 Å². The van der Waals surface area contributed by atoms with Crippen molar-refractivity contribution in [2.75, 3.05) is 13.1 Å². The molecule has 6 heteroatoms. The lowest BCUT2D eigenvalue weighted by atomic mass is 9.56. The van der Waals surface area contributed by atoms with E-state index in [4.69, 9.17) is 5.11 Å². The van der Waals surface area contributed by atoms with Crippen molar-refractivity contribution in [2.45, 2.75) is 121 Å². The van der Waals surface area contributed by atoms with E-state index in [0.29, 0.717) is 13.0 Å². The Hall–Kier alpha value is -0.690. The average Bonchev–Trinajstić information content (AvgIpc) is 2.73. The molecule has 3 rings (SSSR count). The van der Waals surface area contributed by atoms with Crippen molar-refractivity contribution in [3.63, 3.8) is 0 Å². The number of aliphatic carboxylic acids is 1. The number of hydrogen-bond donors (Lipinski definition) is 5. The molecule has 31 heavy (non-hydrogen) atoms. The summed E-state index contributed by atoms with van der Waals surface area (Å²) >= 11 is 0. The highest BCUT2D eigenvalue weighted by Crippen LogP contribution is 2.52. The summed E-state index contributed by atoms with van der Waals surface area (Å²) in [6, 6.07) is 0.218. The van der Waals surface area contributed by atoms with E-state index in [9.17, 15) is 15.0 Å². The molecule has 3 aliphatic rings. The molecule has 0 aromatic heterocycles. The molecule has 0 radical (unpaired) electrons. The molecule has 6 nitrogen and oxygen atoms in total. The zero-order chi connectivity index (χ0) is 22.5. The number of carboxylic acid groups (broad SMARTS) is 1. The van der Waals surface area contributed by atoms with E-state index in [1.807, 2.05) is 6.92 Å². The van der Waals surface area contributed by atoms with Crippen molar-refractivity contribution in [2.24, 2.45) is 17.8 Å². The van der Waals surface area contributed by atoms with Gasteiger partial charge in [0.2, 0.25) is 0 Å². The molecule has 2 aliphatic carbocycles. The topological polar surface area (TPSA) is 102 Å². The van der Waals surface area contributed by atoms with Gasteiger partial charge in [0, 0.05) is 18.1 Å². The number of aliphatic hydroxyl groups is 2. The molecule has 2 saturated carbocycles. The standard InChI is InChI=1S/C25H46N2O4/c1-3-26-17-24(31,16-23(29)30)12-6-4-5-7-19-8-9-21-15-20(19)10-13-25(21)14-11-22(28)18(2)27-25/h18-22,26-28,31H,3-17H2,1-2H3,(H,29,30). The molecule has 0 amide bonds. The van der Waals surface area contributed by atoms with Crippen LogP contribution in [0.2, 0.25) is 0 Å². The van der Waals surface area contributed by atoms with Crippen LogP contribution in [0.3, 0.4) is 0 Å². The first-order valence-electron chi connectivity index (χ1n) is 12.9. The van der Waals surface area contributed by atoms with Crippen molar-refractivity contribution >= 4 is 5.97 Å². The number of rotatable bonds is 11. The normalized spacial score (nSPS) is 37.5. The summed E-state index contributed by atoms with van der Waals surface area (Å²) < 4.78 is 0. The van der Waals surface area contributed by atoms with Gasteiger partial charge in [0.05, 0.1) is 18.1 Å². The van der Waals surface area contributed by atoms with E-state index in [1.165, 1.54) is 44.9 Å². The second kappa shape index (κ2) is 11.0. The molecule has 0 aromatic rings. The van der Waals surface area contributed by atoms with Crippen LogP contribution in [0, 0.1) is 17.8 Å². The lowest BCUT2D eigenvalue weighted by Crippen LogP contribution is -2.63. The molecule has 3 fully saturated rings. The van der Waals surface area contributed by atoms with Gasteiger partial charge in [-0.15, -0.1) is 0 Å². The third kappa shape index (κ3) is 6.43. The highest BCUT2D eigenvalue weighted by Gasteiger charge is 2.49. The smallest absolute Gasteiger partial charge is 0.306 e. The van der Waals surface area contributed by atoms with Crippen LogP contribution in [0.1, 0.15) is 97.3 Å². The highest BCUT2D eigenvalue weighted by molar-refractivity contribution is 5.68. The van der Waals surface area contributed by atoms with Gasteiger partial charge in [-0.2, -0.15) is 0 Å². The summed E-state index contributed by atoms with van der Waals surface area (Å²) in [7, 11) is 0. The summed E-state index contributed by atoms with van der Waals surface area (Å²) in [5.74, 6) is 1.53. The minimum Gasteiger partial charge on any atom is -0.481 e. The zero-order valence-corrected chi connectivity index (χ0v) is 19.7. The van der Waals surface area contributed by atoms with Gasteiger partial charge in [-0.1, -0.05) is 32.6 Å². The third-order valence-corrected chi connectivity index (χ3v) is 8.76. The largest absolute Gasteiger partial charge is 0.481 e. The first kappa shape index (κ1) is 24.9. The van der Waals surface area contributed by atoms with Crippen molar-refractivity contribution in [1.29, 1.82) is 0 Å². The number of nitrogens with one attached hydrogen (secondary N) is 2. The molecule has 7 unspecified atom stereocenters. The average molecular weight is 439 g/mol. The minimum atomic E-state index is -1.13. The van der Waals surface area contributed by atoms with E-state index in [0.717, 1.165) is 50.0 Å². The summed E-state index contributed by atoms with van der Waals surface area (Å²) in [5.41, 5.74) is -0.851. The molecule has 1 spiro atoms. The van der Waals surface area contributed by atoms with Gasteiger partial charge in [-0.3, -0.25) is 4.79 Å². The van der Waals surface area contributed by atoms with E-state index in [-0.39, 0.29) is 24.1 Å². The second-order valence-corrected chi connectivity index (χ2v) is 10.9. The van der Waals surface area contributed by atoms with Gasteiger partial charge in [-0.05, 0) is 82.6 Å². The Morgan fingerprint density at radius 3 is 2.65 bits per heavy atom. The van der Waals surface area contributed by atoms with Crippen molar-refractivity contribution < 1.29 is 20.1 Å². The van der Waals surface area contributed by atoms with Crippen LogP contribution in [-0.2, 0) is 4.79 Å². The first-order valence-corrected chi connectivity index (χ1v) is 12.9. The predicted molar refractivity (Wildman–Crippen MR) is 123 cm³/mol. The Balaban J connectivity index is 1.39. The fourth-order valence-corrected chi connectivity index (χ4v) is 6.92. The molecule has 7 atom stereocenters. The van der Waals surface area contributed by atoms with Crippen LogP contribution in [-0.4, -0.2) is 57.7 Å². The summed E-state index contributed by atoms with van der Waals surface area (Å²) in [6.45, 7) is 5.20. The highest BCUT2D eigenvalue weighted by atomic mass is 16.4. The second-order valence-electron chi connectivity index (χ2n) is 10.9. The molecular formula is C25H46N2O4. The van der Waals surface area contributed by atoms with Gasteiger partial charge in [0.25, 0.3) is 0 Å². The Morgan fingerprint density at radius 2 is 1.94 bits per heavy atom. The maximum Gasteiger partial charge on any atom is 0.306 e. The van der Waals surface area contributed by atoms with Crippen LogP contribution in [0.25, 0.3) is 0 Å². The minimum absolute atomic E-state index is 0.183. The van der Waals surface area contributed by atoms with Crippen molar-refractivity contribution in [1.82, 2.24) is 10.6 Å². The number of likely N-dealkylation sites (N-methyl/N-ethyl adjacent to an activating group) is 1. The lowest BCUT2D eigenvalue weighted by molar-refractivity contribution is -0.142. The maximum atomic E-state index is 11.1. The van der Waals surface area contributed by atoms with Crippen LogP contribution in [0.15, 0.2) is 0 Å². The number of unbranched alkanes of at least 4 members (excludes halogenated alkanes) is 2. The molecule has 2 bridgehead atoms. The molecule has 1 aliphatic heterocycles. The molecule has 5 N–H and O–H groups in total. The fraction of sp³-hybridized carbons (Fsp3) is 0.960. The third-order valence-electron chi connectivity index (χ3n) is 8.76. The summed E-state index contributed by atoms with van der Waals surface area (Å²) in [5, 5.41) is 36.9. The molecular weight excluding hydrogens is 392 g/mol. The maximum absolute atomic E-state index is 11.1. The number of carbonyl (C=O) groups is 1. The van der Waals surface area contributed by atoms with Gasteiger partial charge in [0.1, 0.15) is 0 Å².